The first-order valence-electron chi connectivity index (χ1n) is 7.65. The van der Waals surface area contributed by atoms with E-state index < -0.39 is 17.7 Å². The summed E-state index contributed by atoms with van der Waals surface area (Å²) in [5.41, 5.74) is 5.98. The van der Waals surface area contributed by atoms with Crippen LogP contribution in [0.3, 0.4) is 0 Å². The average molecular weight is 519 g/mol. The number of nitrogens with one attached hydrogen (secondary N) is 1. The SMILES string of the molecule is Cc1ccc(C)c2c1C=C(Br)[CH]2[Zr]([CH3])([CH3])(=[SiH2])[NH]C(C)(C)C.Cl.Cl. The fourth-order valence-corrected chi connectivity index (χ4v) is 28.2. The molecule has 132 valence electrons. The maximum absolute atomic E-state index is 4.08. The normalized spacial score (nSPS) is 17.8. The third-order valence-corrected chi connectivity index (χ3v) is 19.4. The zero-order chi connectivity index (χ0) is 16.2. The number of aryl methyl sites for hydroxylation is 2. The van der Waals surface area contributed by atoms with E-state index in [-0.39, 0.29) is 30.4 Å². The molecule has 1 aromatic carbocycles. The summed E-state index contributed by atoms with van der Waals surface area (Å²) >= 11 is 0.801. The molecule has 0 heterocycles. The molecule has 23 heavy (non-hydrogen) atoms. The minimum Gasteiger partial charge on any atom is -0.147 e. The van der Waals surface area contributed by atoms with Crippen LogP contribution in [0.5, 0.6) is 0 Å². The van der Waals surface area contributed by atoms with Crippen LogP contribution >= 0.6 is 40.7 Å². The van der Waals surface area contributed by atoms with Crippen molar-refractivity contribution in [3.05, 3.63) is 38.9 Å². The number of fused-ring (bicyclic) bond motifs is 1. The van der Waals surface area contributed by atoms with Gasteiger partial charge in [0.05, 0.1) is 0 Å². The van der Waals surface area contributed by atoms with Gasteiger partial charge in [0, 0.05) is 0 Å². The van der Waals surface area contributed by atoms with Gasteiger partial charge in [-0.15, -0.1) is 24.8 Å². The summed E-state index contributed by atoms with van der Waals surface area (Å²) in [5, 5.41) is 0. The van der Waals surface area contributed by atoms with Gasteiger partial charge in [-0.05, 0) is 0 Å². The summed E-state index contributed by atoms with van der Waals surface area (Å²) in [5.74, 6) is 0. The number of allylic oxidation sites excluding steroid dienone is 1. The van der Waals surface area contributed by atoms with Crippen LogP contribution in [-0.4, -0.2) is 12.4 Å². The van der Waals surface area contributed by atoms with E-state index in [1.807, 2.05) is 0 Å². The van der Waals surface area contributed by atoms with E-state index in [0.717, 1.165) is 0 Å². The van der Waals surface area contributed by atoms with Gasteiger partial charge in [-0.1, -0.05) is 0 Å². The Morgan fingerprint density at radius 3 is 2.04 bits per heavy atom. The Hall–Kier alpha value is 1.08. The molecule has 0 spiro atoms. The van der Waals surface area contributed by atoms with Gasteiger partial charge in [0.25, 0.3) is 0 Å². The minimum atomic E-state index is -3.11. The van der Waals surface area contributed by atoms with Crippen molar-refractivity contribution in [2.45, 2.75) is 53.0 Å². The molecule has 1 aliphatic carbocycles. The Balaban J connectivity index is 0.00000242. The molecule has 1 nitrogen and oxygen atoms in total. The van der Waals surface area contributed by atoms with Crippen molar-refractivity contribution in [3.63, 3.8) is 0 Å². The quantitative estimate of drug-likeness (QED) is 0.505. The second kappa shape index (κ2) is 7.37. The number of benzene rings is 1. The molecule has 1 aromatic rings. The molecule has 0 saturated carbocycles. The van der Waals surface area contributed by atoms with Crippen molar-refractivity contribution < 1.29 is 17.7 Å². The molecule has 1 N–H and O–H groups in total. The van der Waals surface area contributed by atoms with E-state index in [1.54, 1.807) is 5.56 Å². The van der Waals surface area contributed by atoms with Crippen LogP contribution in [0.2, 0.25) is 9.26 Å². The smallest absolute Gasteiger partial charge is 0.147 e. The number of hydrogen-bond acceptors (Lipinski definition) is 1. The number of halogens is 3. The summed E-state index contributed by atoms with van der Waals surface area (Å²) in [6.07, 6.45) is 2.36. The summed E-state index contributed by atoms with van der Waals surface area (Å²) < 4.78 is 11.1. The summed E-state index contributed by atoms with van der Waals surface area (Å²) in [6, 6.07) is 4.53. The van der Waals surface area contributed by atoms with Crippen LogP contribution in [0.25, 0.3) is 6.08 Å². The van der Waals surface area contributed by atoms with Crippen LogP contribution in [0.15, 0.2) is 16.6 Å². The van der Waals surface area contributed by atoms with Gasteiger partial charge in [-0.3, -0.25) is 0 Å². The molecule has 0 bridgehead atoms. The summed E-state index contributed by atoms with van der Waals surface area (Å²) in [7, 11) is 0. The average Bonchev–Trinajstić information content (AvgIpc) is 2.59. The predicted octanol–water partition coefficient (Wildman–Crippen LogP) is 5.57. The molecule has 2 rings (SSSR count). The Morgan fingerprint density at radius 2 is 1.57 bits per heavy atom. The van der Waals surface area contributed by atoms with E-state index in [9.17, 15) is 0 Å². The van der Waals surface area contributed by atoms with Gasteiger partial charge in [0.15, 0.2) is 0 Å². The molecule has 0 fully saturated rings. The van der Waals surface area contributed by atoms with Gasteiger partial charge in [-0.25, -0.2) is 0 Å². The van der Waals surface area contributed by atoms with Crippen molar-refractivity contribution in [1.82, 2.24) is 3.26 Å². The molecular weight excluding hydrogens is 488 g/mol. The van der Waals surface area contributed by atoms with E-state index in [2.05, 4.69) is 88.2 Å². The fraction of sp³-hybridized carbons (Fsp3) is 0.529. The fourth-order valence-electron chi connectivity index (χ4n) is 4.00. The number of rotatable bonds is 2. The standard InChI is InChI=1S/C11H10Br.C4H10N.2CH3.2ClH.H2Si.Zr/c1-7-3-4-8(2)11-6-9(12)5-10(7)11;1-4(2,3)5;;;;;;/h3-6H,1-2H3;5H,1-3H3;2*1H3;2*1H;1H2;/q;-1;;;;;;+1. The molecule has 1 atom stereocenters. The predicted molar refractivity (Wildman–Crippen MR) is 113 cm³/mol. The third kappa shape index (κ3) is 5.05. The van der Waals surface area contributed by atoms with Crippen LogP contribution in [-0.2, 0) is 17.7 Å². The topological polar surface area (TPSA) is 12.0 Å². The monoisotopic (exact) mass is 515 g/mol. The van der Waals surface area contributed by atoms with Crippen molar-refractivity contribution in [2.75, 3.05) is 0 Å². The molecule has 0 radical (unpaired) electrons. The second-order valence-electron chi connectivity index (χ2n) is 8.67. The summed E-state index contributed by atoms with van der Waals surface area (Å²) in [4.78, 5) is 0. The van der Waals surface area contributed by atoms with Crippen molar-refractivity contribution in [3.8, 4) is 0 Å². The number of hydrogen-bond donors (Lipinski definition) is 1. The molecule has 0 saturated heterocycles. The van der Waals surface area contributed by atoms with Gasteiger partial charge >= 0.3 is 142 Å². The molecule has 0 amide bonds. The van der Waals surface area contributed by atoms with E-state index >= 15 is 0 Å². The van der Waals surface area contributed by atoms with Crippen LogP contribution in [0.1, 0.15) is 46.7 Å². The first-order chi connectivity index (χ1) is 9.30. The van der Waals surface area contributed by atoms with Crippen LogP contribution < -0.4 is 3.26 Å². The second-order valence-corrected chi connectivity index (χ2v) is 38.3. The van der Waals surface area contributed by atoms with Crippen molar-refractivity contribution in [2.24, 2.45) is 0 Å². The Bertz CT molecular complexity index is 701. The molecule has 1 unspecified atom stereocenters. The van der Waals surface area contributed by atoms with E-state index in [4.69, 9.17) is 0 Å². The maximum atomic E-state index is 4.08. The minimum absolute atomic E-state index is 0. The maximum Gasteiger partial charge on any atom is -0.147 e. The molecular formula is C17H30BrCl2NSiZr. The summed E-state index contributed by atoms with van der Waals surface area (Å²) in [6.45, 7) is 13.6. The molecule has 0 aliphatic heterocycles. The zero-order valence-corrected chi connectivity index (χ0v) is 22.3. The first-order valence-corrected chi connectivity index (χ1v) is 21.9. The Labute approximate surface area is 165 Å². The van der Waals surface area contributed by atoms with Crippen molar-refractivity contribution in [1.29, 1.82) is 0 Å². The molecule has 0 aromatic heterocycles. The van der Waals surface area contributed by atoms with E-state index in [0.29, 0.717) is 3.63 Å². The van der Waals surface area contributed by atoms with Gasteiger partial charge in [0.2, 0.25) is 0 Å². The van der Waals surface area contributed by atoms with Gasteiger partial charge in [-0.2, -0.15) is 0 Å². The zero-order valence-electron chi connectivity index (χ0n) is 15.2. The van der Waals surface area contributed by atoms with Crippen LogP contribution in [0.4, 0.5) is 0 Å². The third-order valence-electron chi connectivity index (χ3n) is 4.28. The van der Waals surface area contributed by atoms with Crippen molar-refractivity contribution >= 4 is 53.7 Å². The van der Waals surface area contributed by atoms with Gasteiger partial charge < -0.3 is 0 Å². The Morgan fingerprint density at radius 1 is 1.09 bits per heavy atom. The largest absolute Gasteiger partial charge is 0.147 e. The van der Waals surface area contributed by atoms with E-state index in [1.165, 1.54) is 21.2 Å². The van der Waals surface area contributed by atoms with Gasteiger partial charge in [0.1, 0.15) is 0 Å². The molecule has 1 aliphatic rings. The first kappa shape index (κ1) is 24.1. The Kier molecular flexibility index (Phi) is 7.71. The molecule has 6 heteroatoms. The van der Waals surface area contributed by atoms with Crippen LogP contribution in [0, 0.1) is 13.8 Å².